The molecule has 6 heteroatoms. The molecular weight excluding hydrogens is 292 g/mol. The minimum atomic E-state index is -0.109. The van der Waals surface area contributed by atoms with Gasteiger partial charge in [-0.25, -0.2) is 9.97 Å². The minimum absolute atomic E-state index is 0.109. The summed E-state index contributed by atoms with van der Waals surface area (Å²) in [5.41, 5.74) is 3.71. The zero-order chi connectivity index (χ0) is 16.2. The summed E-state index contributed by atoms with van der Waals surface area (Å²) in [4.78, 5) is 23.9. The van der Waals surface area contributed by atoms with E-state index in [0.717, 1.165) is 16.9 Å². The molecule has 0 unspecified atom stereocenters. The molecule has 0 fully saturated rings. The van der Waals surface area contributed by atoms with Crippen molar-refractivity contribution in [3.05, 3.63) is 53.5 Å². The number of nitrogens with one attached hydrogen (secondary N) is 2. The summed E-state index contributed by atoms with van der Waals surface area (Å²) in [7, 11) is 1.55. The Hall–Kier alpha value is -2.89. The number of rotatable bonds is 5. The van der Waals surface area contributed by atoms with E-state index in [-0.39, 0.29) is 12.3 Å². The van der Waals surface area contributed by atoms with E-state index in [9.17, 15) is 4.79 Å². The third-order valence-electron chi connectivity index (χ3n) is 3.47. The minimum Gasteiger partial charge on any atom is -0.481 e. The van der Waals surface area contributed by atoms with Crippen LogP contribution < -0.4 is 10.1 Å². The summed E-state index contributed by atoms with van der Waals surface area (Å²) >= 11 is 0. The van der Waals surface area contributed by atoms with E-state index in [1.807, 2.05) is 31.2 Å². The lowest BCUT2D eigenvalue weighted by Crippen LogP contribution is -2.25. The molecule has 3 rings (SSSR count). The number of hydrogen-bond donors (Lipinski definition) is 2. The Morgan fingerprint density at radius 3 is 2.96 bits per heavy atom. The predicted molar refractivity (Wildman–Crippen MR) is 87.2 cm³/mol. The molecule has 23 heavy (non-hydrogen) atoms. The molecule has 1 aromatic carbocycles. The first kappa shape index (κ1) is 15.0. The van der Waals surface area contributed by atoms with Gasteiger partial charge in [-0.2, -0.15) is 0 Å². The fourth-order valence-corrected chi connectivity index (χ4v) is 2.34. The monoisotopic (exact) mass is 310 g/mol. The van der Waals surface area contributed by atoms with Gasteiger partial charge in [0.05, 0.1) is 36.8 Å². The Balaban J connectivity index is 1.61. The van der Waals surface area contributed by atoms with Crippen molar-refractivity contribution in [3.63, 3.8) is 0 Å². The highest BCUT2D eigenvalue weighted by Gasteiger charge is 2.08. The second-order valence-corrected chi connectivity index (χ2v) is 5.33. The van der Waals surface area contributed by atoms with Crippen molar-refractivity contribution < 1.29 is 9.53 Å². The van der Waals surface area contributed by atoms with Crippen LogP contribution in [0, 0.1) is 6.92 Å². The number of hydrogen-bond acceptors (Lipinski definition) is 4. The number of imidazole rings is 1. The maximum Gasteiger partial charge on any atom is 0.226 e. The first-order valence-corrected chi connectivity index (χ1v) is 7.36. The molecule has 0 aliphatic carbocycles. The van der Waals surface area contributed by atoms with Gasteiger partial charge in [-0.3, -0.25) is 4.79 Å². The Morgan fingerprint density at radius 1 is 1.26 bits per heavy atom. The van der Waals surface area contributed by atoms with Crippen molar-refractivity contribution in [3.8, 4) is 5.88 Å². The van der Waals surface area contributed by atoms with E-state index in [1.165, 1.54) is 5.56 Å². The van der Waals surface area contributed by atoms with Gasteiger partial charge in [0.25, 0.3) is 0 Å². The van der Waals surface area contributed by atoms with Crippen molar-refractivity contribution in [2.45, 2.75) is 19.9 Å². The second-order valence-electron chi connectivity index (χ2n) is 5.33. The van der Waals surface area contributed by atoms with Crippen LogP contribution in [0.25, 0.3) is 11.0 Å². The van der Waals surface area contributed by atoms with Crippen LogP contribution in [-0.2, 0) is 17.8 Å². The number of benzene rings is 1. The number of aromatic nitrogens is 3. The molecule has 2 heterocycles. The quantitative estimate of drug-likeness (QED) is 0.756. The fraction of sp³-hybridized carbons (Fsp3) is 0.235. The van der Waals surface area contributed by atoms with Crippen LogP contribution >= 0.6 is 0 Å². The summed E-state index contributed by atoms with van der Waals surface area (Å²) < 4.78 is 5.05. The molecule has 0 spiro atoms. The average molecular weight is 310 g/mol. The highest BCUT2D eigenvalue weighted by atomic mass is 16.5. The predicted octanol–water partition coefficient (Wildman–Crippen LogP) is 2.13. The van der Waals surface area contributed by atoms with Gasteiger partial charge in [0.15, 0.2) is 0 Å². The number of H-pyrrole nitrogens is 1. The lowest BCUT2D eigenvalue weighted by Gasteiger charge is -2.04. The number of pyridine rings is 1. The summed E-state index contributed by atoms with van der Waals surface area (Å²) in [5.74, 6) is 1.13. The molecule has 0 aliphatic heterocycles. The Bertz CT molecular complexity index is 841. The smallest absolute Gasteiger partial charge is 0.226 e. The van der Waals surface area contributed by atoms with Crippen molar-refractivity contribution in [2.75, 3.05) is 7.11 Å². The van der Waals surface area contributed by atoms with Gasteiger partial charge in [0.2, 0.25) is 11.8 Å². The lowest BCUT2D eigenvalue weighted by molar-refractivity contribution is -0.120. The van der Waals surface area contributed by atoms with Gasteiger partial charge in [0, 0.05) is 6.07 Å². The van der Waals surface area contributed by atoms with E-state index < -0.39 is 0 Å². The Kier molecular flexibility index (Phi) is 4.23. The Morgan fingerprint density at radius 2 is 2.13 bits per heavy atom. The zero-order valence-corrected chi connectivity index (χ0v) is 13.1. The summed E-state index contributed by atoms with van der Waals surface area (Å²) in [6, 6.07) is 11.4. The van der Waals surface area contributed by atoms with E-state index >= 15 is 0 Å². The van der Waals surface area contributed by atoms with Crippen molar-refractivity contribution in [1.29, 1.82) is 0 Å². The average Bonchev–Trinajstić information content (AvgIpc) is 2.95. The molecule has 6 nitrogen and oxygen atoms in total. The van der Waals surface area contributed by atoms with Crippen LogP contribution in [-0.4, -0.2) is 28.0 Å². The topological polar surface area (TPSA) is 79.9 Å². The molecule has 3 aromatic rings. The first-order valence-electron chi connectivity index (χ1n) is 7.36. The normalized spacial score (nSPS) is 10.7. The standard InChI is InChI=1S/C17H18N4O2/c1-11-6-7-13-14(8-11)21-15(20-13)10-18-16(22)9-12-4-3-5-17(19-12)23-2/h3-8H,9-10H2,1-2H3,(H,18,22)(H,20,21). The van der Waals surface area contributed by atoms with Crippen molar-refractivity contribution in [1.82, 2.24) is 20.3 Å². The summed E-state index contributed by atoms with van der Waals surface area (Å²) in [5, 5.41) is 2.85. The SMILES string of the molecule is COc1cccc(CC(=O)NCc2nc3ccc(C)cc3[nH]2)n1. The molecule has 1 amide bonds. The zero-order valence-electron chi connectivity index (χ0n) is 13.1. The lowest BCUT2D eigenvalue weighted by atomic mass is 10.2. The van der Waals surface area contributed by atoms with Crippen LogP contribution in [0.3, 0.4) is 0 Å². The van der Waals surface area contributed by atoms with Gasteiger partial charge in [0.1, 0.15) is 5.82 Å². The number of carbonyl (C=O) groups excluding carboxylic acids is 1. The van der Waals surface area contributed by atoms with Gasteiger partial charge in [-0.1, -0.05) is 12.1 Å². The number of aromatic amines is 1. The number of fused-ring (bicyclic) bond motifs is 1. The van der Waals surface area contributed by atoms with Gasteiger partial charge >= 0.3 is 0 Å². The van der Waals surface area contributed by atoms with Crippen LogP contribution in [0.5, 0.6) is 5.88 Å². The third-order valence-corrected chi connectivity index (χ3v) is 3.47. The fourth-order valence-electron chi connectivity index (χ4n) is 2.34. The third kappa shape index (κ3) is 3.66. The van der Waals surface area contributed by atoms with E-state index in [1.54, 1.807) is 19.2 Å². The van der Waals surface area contributed by atoms with E-state index in [4.69, 9.17) is 4.74 Å². The van der Waals surface area contributed by atoms with Crippen LogP contribution in [0.4, 0.5) is 0 Å². The maximum absolute atomic E-state index is 12.0. The summed E-state index contributed by atoms with van der Waals surface area (Å²) in [6.45, 7) is 2.39. The van der Waals surface area contributed by atoms with Gasteiger partial charge in [-0.15, -0.1) is 0 Å². The van der Waals surface area contributed by atoms with Crippen LogP contribution in [0.15, 0.2) is 36.4 Å². The van der Waals surface area contributed by atoms with E-state index in [2.05, 4.69) is 20.3 Å². The molecule has 0 atom stereocenters. The first-order chi connectivity index (χ1) is 11.1. The molecule has 2 aromatic heterocycles. The second kappa shape index (κ2) is 6.48. The Labute approximate surface area is 133 Å². The molecule has 0 saturated heterocycles. The molecule has 118 valence electrons. The number of ether oxygens (including phenoxy) is 1. The van der Waals surface area contributed by atoms with Crippen molar-refractivity contribution >= 4 is 16.9 Å². The number of nitrogens with zero attached hydrogens (tertiary/aromatic N) is 2. The molecule has 2 N–H and O–H groups in total. The van der Waals surface area contributed by atoms with Gasteiger partial charge in [-0.05, 0) is 30.7 Å². The number of aryl methyl sites for hydroxylation is 1. The number of amides is 1. The number of carbonyl (C=O) groups is 1. The highest BCUT2D eigenvalue weighted by molar-refractivity contribution is 5.78. The maximum atomic E-state index is 12.0. The van der Waals surface area contributed by atoms with E-state index in [0.29, 0.717) is 18.1 Å². The summed E-state index contributed by atoms with van der Waals surface area (Å²) in [6.07, 6.45) is 0.205. The van der Waals surface area contributed by atoms with Crippen molar-refractivity contribution in [2.24, 2.45) is 0 Å². The molecule has 0 aliphatic rings. The molecule has 0 saturated carbocycles. The van der Waals surface area contributed by atoms with Crippen LogP contribution in [0.2, 0.25) is 0 Å². The van der Waals surface area contributed by atoms with Gasteiger partial charge < -0.3 is 15.0 Å². The largest absolute Gasteiger partial charge is 0.481 e. The number of methoxy groups -OCH3 is 1. The highest BCUT2D eigenvalue weighted by Crippen LogP contribution is 2.13. The molecule has 0 radical (unpaired) electrons. The molecule has 0 bridgehead atoms. The van der Waals surface area contributed by atoms with Crippen LogP contribution in [0.1, 0.15) is 17.1 Å². The molecular formula is C17H18N4O2.